The van der Waals surface area contributed by atoms with Crippen molar-refractivity contribution in [3.05, 3.63) is 70.1 Å². The van der Waals surface area contributed by atoms with Crippen molar-refractivity contribution in [1.82, 2.24) is 24.8 Å². The molecule has 2 atom stereocenters. The van der Waals surface area contributed by atoms with Crippen molar-refractivity contribution in [2.24, 2.45) is 5.92 Å². The molecule has 0 saturated carbocycles. The van der Waals surface area contributed by atoms with Gasteiger partial charge in [-0.15, -0.1) is 0 Å². The molecule has 1 aliphatic rings. The molecule has 0 radical (unpaired) electrons. The van der Waals surface area contributed by atoms with Crippen molar-refractivity contribution in [3.8, 4) is 11.4 Å². The van der Waals surface area contributed by atoms with E-state index in [9.17, 15) is 4.39 Å². The highest BCUT2D eigenvalue weighted by Crippen LogP contribution is 2.36. The van der Waals surface area contributed by atoms with Crippen molar-refractivity contribution in [3.63, 3.8) is 0 Å². The average molecular weight is 499 g/mol. The summed E-state index contributed by atoms with van der Waals surface area (Å²) in [4.78, 5) is 14.1. The van der Waals surface area contributed by atoms with Crippen LogP contribution in [-0.2, 0) is 6.54 Å². The number of aromatic nitrogens is 4. The van der Waals surface area contributed by atoms with Crippen LogP contribution < -0.4 is 10.6 Å². The van der Waals surface area contributed by atoms with Crippen LogP contribution in [0.1, 0.15) is 31.4 Å². The first-order chi connectivity index (χ1) is 16.5. The molecule has 0 bridgehead atoms. The summed E-state index contributed by atoms with van der Waals surface area (Å²) in [5.41, 5.74) is 2.58. The van der Waals surface area contributed by atoms with Crippen molar-refractivity contribution in [1.29, 1.82) is 0 Å². The van der Waals surface area contributed by atoms with Crippen molar-refractivity contribution < 1.29 is 4.39 Å². The number of nitrogens with zero attached hydrogens (tertiary/aromatic N) is 4. The van der Waals surface area contributed by atoms with E-state index < -0.39 is 0 Å². The number of fused-ring (bicyclic) bond motifs is 1. The standard InChI is InChI=1S/C25H25Cl2FN6/c1-15(17-7-2-3-10-20(17)28)31-25-30-13-21-23(33-25)34(14-16-6-5-11-29-12-16)24(32-21)22-18(26)8-4-9-19(22)27/h2-4,7-10,13,15-16,29H,5-6,11-12,14H2,1H3,(H,30,31,33)/t15-,16+/m0/s1. The Kier molecular flexibility index (Phi) is 6.68. The van der Waals surface area contributed by atoms with Crippen LogP contribution in [0.3, 0.4) is 0 Å². The molecule has 5 rings (SSSR count). The quantitative estimate of drug-likeness (QED) is 0.335. The Hall–Kier alpha value is -2.74. The smallest absolute Gasteiger partial charge is 0.225 e. The van der Waals surface area contributed by atoms with E-state index in [1.165, 1.54) is 6.07 Å². The molecule has 2 aromatic heterocycles. The number of piperidine rings is 1. The molecule has 0 spiro atoms. The maximum absolute atomic E-state index is 14.3. The third-order valence-electron chi connectivity index (χ3n) is 6.23. The van der Waals surface area contributed by atoms with Gasteiger partial charge in [-0.2, -0.15) is 4.98 Å². The van der Waals surface area contributed by atoms with E-state index in [4.69, 9.17) is 33.2 Å². The van der Waals surface area contributed by atoms with Crippen LogP contribution >= 0.6 is 23.2 Å². The summed E-state index contributed by atoms with van der Waals surface area (Å²) < 4.78 is 16.3. The maximum Gasteiger partial charge on any atom is 0.225 e. The van der Waals surface area contributed by atoms with E-state index >= 15 is 0 Å². The first-order valence-corrected chi connectivity index (χ1v) is 12.2. The van der Waals surface area contributed by atoms with E-state index in [1.807, 2.05) is 31.2 Å². The summed E-state index contributed by atoms with van der Waals surface area (Å²) in [6.07, 6.45) is 3.92. The molecular weight excluding hydrogens is 474 g/mol. The molecule has 2 aromatic carbocycles. The Labute approximate surface area is 207 Å². The SMILES string of the molecule is C[C@H](Nc1ncc2nc(-c3c(Cl)cccc3Cl)n(C[C@@H]3CCCNC3)c2n1)c1ccccc1F. The Morgan fingerprint density at radius 1 is 1.15 bits per heavy atom. The summed E-state index contributed by atoms with van der Waals surface area (Å²) in [6, 6.07) is 11.8. The molecule has 1 aliphatic heterocycles. The predicted molar refractivity (Wildman–Crippen MR) is 135 cm³/mol. The minimum atomic E-state index is -0.310. The number of benzene rings is 2. The fourth-order valence-electron chi connectivity index (χ4n) is 4.50. The lowest BCUT2D eigenvalue weighted by molar-refractivity contribution is 0.341. The van der Waals surface area contributed by atoms with Gasteiger partial charge >= 0.3 is 0 Å². The zero-order chi connectivity index (χ0) is 23.7. The Morgan fingerprint density at radius 2 is 1.94 bits per heavy atom. The topological polar surface area (TPSA) is 67.7 Å². The van der Waals surface area contributed by atoms with Gasteiger partial charge in [-0.1, -0.05) is 47.5 Å². The Bertz CT molecular complexity index is 1300. The lowest BCUT2D eigenvalue weighted by Gasteiger charge is -2.24. The third kappa shape index (κ3) is 4.60. The number of anilines is 1. The van der Waals surface area contributed by atoms with E-state index in [-0.39, 0.29) is 11.9 Å². The molecule has 0 unspecified atom stereocenters. The molecule has 34 heavy (non-hydrogen) atoms. The highest BCUT2D eigenvalue weighted by Gasteiger charge is 2.23. The van der Waals surface area contributed by atoms with Gasteiger partial charge in [0.15, 0.2) is 5.65 Å². The van der Waals surface area contributed by atoms with Crippen molar-refractivity contribution in [2.45, 2.75) is 32.4 Å². The van der Waals surface area contributed by atoms with Gasteiger partial charge in [0.2, 0.25) is 5.95 Å². The minimum Gasteiger partial charge on any atom is -0.348 e. The monoisotopic (exact) mass is 498 g/mol. The molecule has 176 valence electrons. The van der Waals surface area contributed by atoms with Gasteiger partial charge in [-0.05, 0) is 57.0 Å². The maximum atomic E-state index is 14.3. The summed E-state index contributed by atoms with van der Waals surface area (Å²) in [5.74, 6) is 1.23. The van der Waals surface area contributed by atoms with Gasteiger partial charge in [-0.3, -0.25) is 0 Å². The molecule has 3 heterocycles. The molecular formula is C25H25Cl2FN6. The summed E-state index contributed by atoms with van der Waals surface area (Å²) in [7, 11) is 0. The van der Waals surface area contributed by atoms with Crippen LogP contribution in [0.25, 0.3) is 22.6 Å². The summed E-state index contributed by atoms with van der Waals surface area (Å²) >= 11 is 13.1. The second-order valence-corrected chi connectivity index (χ2v) is 9.46. The van der Waals surface area contributed by atoms with Gasteiger partial charge in [0.25, 0.3) is 0 Å². The average Bonchev–Trinajstić information content (AvgIpc) is 3.17. The van der Waals surface area contributed by atoms with Crippen LogP contribution in [0.15, 0.2) is 48.7 Å². The molecule has 6 nitrogen and oxygen atoms in total. The molecule has 0 amide bonds. The number of hydrogen-bond acceptors (Lipinski definition) is 5. The highest BCUT2D eigenvalue weighted by molar-refractivity contribution is 6.39. The van der Waals surface area contributed by atoms with E-state index in [0.29, 0.717) is 50.0 Å². The zero-order valence-electron chi connectivity index (χ0n) is 18.7. The van der Waals surface area contributed by atoms with E-state index in [2.05, 4.69) is 20.2 Å². The Balaban J connectivity index is 1.57. The largest absolute Gasteiger partial charge is 0.348 e. The van der Waals surface area contributed by atoms with Gasteiger partial charge in [0.1, 0.15) is 17.2 Å². The molecule has 4 aromatic rings. The van der Waals surface area contributed by atoms with Crippen molar-refractivity contribution >= 4 is 40.3 Å². The van der Waals surface area contributed by atoms with Crippen LogP contribution in [0.2, 0.25) is 10.0 Å². The van der Waals surface area contributed by atoms with E-state index in [0.717, 1.165) is 32.5 Å². The number of nitrogens with one attached hydrogen (secondary N) is 2. The lowest BCUT2D eigenvalue weighted by atomic mass is 9.99. The van der Waals surface area contributed by atoms with Crippen LogP contribution in [0.5, 0.6) is 0 Å². The molecule has 2 N–H and O–H groups in total. The first kappa shape index (κ1) is 23.0. The number of rotatable bonds is 6. The zero-order valence-corrected chi connectivity index (χ0v) is 20.2. The fourth-order valence-corrected chi connectivity index (χ4v) is 5.07. The molecule has 9 heteroatoms. The first-order valence-electron chi connectivity index (χ1n) is 11.4. The normalized spacial score (nSPS) is 17.1. The Morgan fingerprint density at radius 3 is 2.68 bits per heavy atom. The van der Waals surface area contributed by atoms with Gasteiger partial charge in [-0.25, -0.2) is 14.4 Å². The number of imidazole rings is 1. The molecule has 1 fully saturated rings. The second-order valence-electron chi connectivity index (χ2n) is 8.65. The minimum absolute atomic E-state index is 0.269. The van der Waals surface area contributed by atoms with Crippen molar-refractivity contribution in [2.75, 3.05) is 18.4 Å². The van der Waals surface area contributed by atoms with Crippen LogP contribution in [0, 0.1) is 11.7 Å². The predicted octanol–water partition coefficient (Wildman–Crippen LogP) is 6.11. The van der Waals surface area contributed by atoms with Gasteiger partial charge in [0, 0.05) is 12.1 Å². The molecule has 1 saturated heterocycles. The fraction of sp³-hybridized carbons (Fsp3) is 0.320. The third-order valence-corrected chi connectivity index (χ3v) is 6.86. The number of hydrogen-bond donors (Lipinski definition) is 2. The summed E-state index contributed by atoms with van der Waals surface area (Å²) in [6.45, 7) is 4.57. The van der Waals surface area contributed by atoms with Crippen LogP contribution in [0.4, 0.5) is 10.3 Å². The lowest BCUT2D eigenvalue weighted by Crippen LogP contribution is -2.32. The van der Waals surface area contributed by atoms with Gasteiger partial charge < -0.3 is 15.2 Å². The summed E-state index contributed by atoms with van der Waals surface area (Å²) in [5, 5.41) is 7.76. The van der Waals surface area contributed by atoms with Gasteiger partial charge in [0.05, 0.1) is 27.8 Å². The van der Waals surface area contributed by atoms with E-state index in [1.54, 1.807) is 18.3 Å². The second kappa shape index (κ2) is 9.86. The van der Waals surface area contributed by atoms with Crippen LogP contribution in [-0.4, -0.2) is 32.6 Å². The number of halogens is 3. The molecule has 0 aliphatic carbocycles. The highest BCUT2D eigenvalue weighted by atomic mass is 35.5.